The van der Waals surface area contributed by atoms with Gasteiger partial charge < -0.3 is 15.0 Å². The van der Waals surface area contributed by atoms with Gasteiger partial charge in [-0.25, -0.2) is 9.78 Å². The SMILES string of the molecule is CC(C)n1cc([C@@H]2OCC[C@H]2NC(=O)Nc2nccc(N(C)C)n2)cn1. The third-order valence-corrected chi connectivity index (χ3v) is 4.21. The molecule has 2 aromatic rings. The fourth-order valence-corrected chi connectivity index (χ4v) is 2.81. The van der Waals surface area contributed by atoms with E-state index in [1.165, 1.54) is 0 Å². The smallest absolute Gasteiger partial charge is 0.321 e. The summed E-state index contributed by atoms with van der Waals surface area (Å²) in [5, 5.41) is 9.99. The van der Waals surface area contributed by atoms with Gasteiger partial charge in [0.1, 0.15) is 11.9 Å². The number of aromatic nitrogens is 4. The summed E-state index contributed by atoms with van der Waals surface area (Å²) < 4.78 is 7.70. The van der Waals surface area contributed by atoms with Gasteiger partial charge in [0.25, 0.3) is 0 Å². The van der Waals surface area contributed by atoms with E-state index >= 15 is 0 Å². The average molecular weight is 359 g/mol. The summed E-state index contributed by atoms with van der Waals surface area (Å²) in [4.78, 5) is 22.6. The van der Waals surface area contributed by atoms with Crippen molar-refractivity contribution in [2.75, 3.05) is 30.9 Å². The lowest BCUT2D eigenvalue weighted by molar-refractivity contribution is 0.100. The van der Waals surface area contributed by atoms with E-state index in [0.29, 0.717) is 6.61 Å². The Morgan fingerprint density at radius 2 is 2.23 bits per heavy atom. The normalized spacial score (nSPS) is 19.6. The van der Waals surface area contributed by atoms with Gasteiger partial charge in [-0.3, -0.25) is 10.00 Å². The van der Waals surface area contributed by atoms with Crippen LogP contribution in [0.15, 0.2) is 24.7 Å². The average Bonchev–Trinajstić information content (AvgIpc) is 3.23. The second kappa shape index (κ2) is 7.69. The van der Waals surface area contributed by atoms with Crippen LogP contribution in [0.5, 0.6) is 0 Å². The molecule has 2 aromatic heterocycles. The van der Waals surface area contributed by atoms with Gasteiger partial charge in [0.2, 0.25) is 5.95 Å². The number of amides is 2. The van der Waals surface area contributed by atoms with Gasteiger partial charge in [-0.15, -0.1) is 0 Å². The molecule has 1 aliphatic heterocycles. The Labute approximate surface area is 152 Å². The zero-order chi connectivity index (χ0) is 18.7. The first-order valence-electron chi connectivity index (χ1n) is 8.67. The largest absolute Gasteiger partial charge is 0.371 e. The highest BCUT2D eigenvalue weighted by Gasteiger charge is 2.32. The lowest BCUT2D eigenvalue weighted by Crippen LogP contribution is -2.39. The van der Waals surface area contributed by atoms with E-state index in [1.54, 1.807) is 18.5 Å². The van der Waals surface area contributed by atoms with Crippen molar-refractivity contribution in [2.45, 2.75) is 38.5 Å². The molecule has 2 N–H and O–H groups in total. The summed E-state index contributed by atoms with van der Waals surface area (Å²) in [5.74, 6) is 0.982. The quantitative estimate of drug-likeness (QED) is 0.847. The molecule has 2 atom stereocenters. The van der Waals surface area contributed by atoms with Crippen LogP contribution < -0.4 is 15.5 Å². The Hall–Kier alpha value is -2.68. The van der Waals surface area contributed by atoms with Crippen LogP contribution >= 0.6 is 0 Å². The molecule has 0 unspecified atom stereocenters. The Balaban J connectivity index is 1.63. The first kappa shape index (κ1) is 18.1. The molecule has 0 radical (unpaired) electrons. The number of carbonyl (C=O) groups is 1. The Morgan fingerprint density at radius 1 is 1.42 bits per heavy atom. The molecule has 1 aliphatic rings. The summed E-state index contributed by atoms with van der Waals surface area (Å²) in [6.45, 7) is 4.73. The standard InChI is InChI=1S/C17H25N7O2/c1-11(2)24-10-12(9-19-24)15-13(6-8-26-15)20-17(25)22-16-18-7-5-14(21-16)23(3)4/h5,7,9-11,13,15H,6,8H2,1-4H3,(H2,18,20,21,22,25)/t13-,15+/m1/s1. The highest BCUT2D eigenvalue weighted by molar-refractivity contribution is 5.87. The van der Waals surface area contributed by atoms with Crippen LogP contribution in [0, 0.1) is 0 Å². The molecular weight excluding hydrogens is 334 g/mol. The van der Waals surface area contributed by atoms with Crippen LogP contribution in [-0.4, -0.2) is 52.5 Å². The van der Waals surface area contributed by atoms with Gasteiger partial charge >= 0.3 is 6.03 Å². The van der Waals surface area contributed by atoms with Crippen LogP contribution in [0.25, 0.3) is 0 Å². The highest BCUT2D eigenvalue weighted by Crippen LogP contribution is 2.29. The fourth-order valence-electron chi connectivity index (χ4n) is 2.81. The van der Waals surface area contributed by atoms with Gasteiger partial charge in [-0.2, -0.15) is 10.1 Å². The second-order valence-electron chi connectivity index (χ2n) is 6.77. The molecule has 1 fully saturated rings. The summed E-state index contributed by atoms with van der Waals surface area (Å²) in [5.41, 5.74) is 0.965. The summed E-state index contributed by atoms with van der Waals surface area (Å²) >= 11 is 0. The number of anilines is 2. The Bertz CT molecular complexity index is 759. The predicted molar refractivity (Wildman–Crippen MR) is 98.2 cm³/mol. The maximum atomic E-state index is 12.3. The second-order valence-corrected chi connectivity index (χ2v) is 6.77. The topological polar surface area (TPSA) is 97.2 Å². The van der Waals surface area contributed by atoms with E-state index in [1.807, 2.05) is 29.9 Å². The van der Waals surface area contributed by atoms with Gasteiger partial charge in [0.15, 0.2) is 0 Å². The zero-order valence-corrected chi connectivity index (χ0v) is 15.5. The lowest BCUT2D eigenvalue weighted by atomic mass is 10.1. The van der Waals surface area contributed by atoms with E-state index in [-0.39, 0.29) is 30.2 Å². The fraction of sp³-hybridized carbons (Fsp3) is 0.529. The molecule has 140 valence electrons. The minimum atomic E-state index is -0.349. The van der Waals surface area contributed by atoms with Crippen LogP contribution in [0.2, 0.25) is 0 Å². The van der Waals surface area contributed by atoms with Crippen molar-refractivity contribution < 1.29 is 9.53 Å². The summed E-state index contributed by atoms with van der Waals surface area (Å²) in [6.07, 6.45) is 5.91. The number of nitrogens with zero attached hydrogens (tertiary/aromatic N) is 5. The molecule has 3 rings (SSSR count). The van der Waals surface area contributed by atoms with Crippen molar-refractivity contribution in [2.24, 2.45) is 0 Å². The molecule has 3 heterocycles. The van der Waals surface area contributed by atoms with Crippen molar-refractivity contribution in [1.82, 2.24) is 25.1 Å². The molecule has 0 aliphatic carbocycles. The van der Waals surface area contributed by atoms with Crippen LogP contribution in [-0.2, 0) is 4.74 Å². The summed E-state index contributed by atoms with van der Waals surface area (Å²) in [7, 11) is 3.76. The molecule has 2 amide bonds. The van der Waals surface area contributed by atoms with Crippen LogP contribution in [0.1, 0.15) is 38.0 Å². The zero-order valence-electron chi connectivity index (χ0n) is 15.5. The molecule has 9 heteroatoms. The van der Waals surface area contributed by atoms with Crippen molar-refractivity contribution >= 4 is 17.8 Å². The molecular formula is C17H25N7O2. The molecule has 0 bridgehead atoms. The first-order valence-corrected chi connectivity index (χ1v) is 8.67. The van der Waals surface area contributed by atoms with Crippen molar-refractivity contribution in [1.29, 1.82) is 0 Å². The molecule has 0 aromatic carbocycles. The highest BCUT2D eigenvalue weighted by atomic mass is 16.5. The monoisotopic (exact) mass is 359 g/mol. The van der Waals surface area contributed by atoms with Crippen LogP contribution in [0.4, 0.5) is 16.6 Å². The Morgan fingerprint density at radius 3 is 2.92 bits per heavy atom. The van der Waals surface area contributed by atoms with Crippen molar-refractivity contribution in [3.63, 3.8) is 0 Å². The van der Waals surface area contributed by atoms with Crippen molar-refractivity contribution in [3.05, 3.63) is 30.2 Å². The maximum absolute atomic E-state index is 12.3. The molecule has 9 nitrogen and oxygen atoms in total. The third kappa shape index (κ3) is 4.10. The van der Waals surface area contributed by atoms with Gasteiger partial charge in [0, 0.05) is 44.7 Å². The van der Waals surface area contributed by atoms with E-state index in [9.17, 15) is 4.79 Å². The maximum Gasteiger partial charge on any atom is 0.321 e. The lowest BCUT2D eigenvalue weighted by Gasteiger charge is -2.19. The number of nitrogens with one attached hydrogen (secondary N) is 2. The molecule has 1 saturated heterocycles. The van der Waals surface area contributed by atoms with E-state index in [2.05, 4.69) is 39.5 Å². The van der Waals surface area contributed by atoms with Gasteiger partial charge in [-0.1, -0.05) is 0 Å². The number of ether oxygens (including phenoxy) is 1. The molecule has 0 saturated carbocycles. The minimum Gasteiger partial charge on any atom is -0.371 e. The van der Waals surface area contributed by atoms with Gasteiger partial charge in [0.05, 0.1) is 12.2 Å². The molecule has 26 heavy (non-hydrogen) atoms. The third-order valence-electron chi connectivity index (χ3n) is 4.21. The first-order chi connectivity index (χ1) is 12.4. The Kier molecular flexibility index (Phi) is 5.36. The van der Waals surface area contributed by atoms with Crippen LogP contribution in [0.3, 0.4) is 0 Å². The van der Waals surface area contributed by atoms with E-state index < -0.39 is 0 Å². The number of rotatable bonds is 5. The minimum absolute atomic E-state index is 0.128. The van der Waals surface area contributed by atoms with Gasteiger partial charge in [-0.05, 0) is 26.3 Å². The number of urea groups is 1. The number of hydrogen-bond donors (Lipinski definition) is 2. The van der Waals surface area contributed by atoms with Crippen molar-refractivity contribution in [3.8, 4) is 0 Å². The number of carbonyl (C=O) groups excluding carboxylic acids is 1. The van der Waals surface area contributed by atoms with E-state index in [0.717, 1.165) is 17.8 Å². The molecule has 0 spiro atoms. The summed E-state index contributed by atoms with van der Waals surface area (Å²) in [6, 6.07) is 1.58. The number of hydrogen-bond acceptors (Lipinski definition) is 6. The predicted octanol–water partition coefficient (Wildman–Crippen LogP) is 1.97. The van der Waals surface area contributed by atoms with E-state index in [4.69, 9.17) is 4.74 Å².